The van der Waals surface area contributed by atoms with E-state index in [1.807, 2.05) is 19.9 Å². The van der Waals surface area contributed by atoms with Crippen molar-refractivity contribution in [3.05, 3.63) is 46.1 Å². The average molecular weight is 526 g/mol. The monoisotopic (exact) mass is 525 g/mol. The van der Waals surface area contributed by atoms with Crippen molar-refractivity contribution in [2.45, 2.75) is 64.5 Å². The summed E-state index contributed by atoms with van der Waals surface area (Å²) in [5, 5.41) is 21.0. The maximum Gasteiger partial charge on any atom is 0.309 e. The summed E-state index contributed by atoms with van der Waals surface area (Å²) in [7, 11) is 0. The smallest absolute Gasteiger partial charge is 0.309 e. The summed E-state index contributed by atoms with van der Waals surface area (Å²) in [6, 6.07) is 9.09. The molecule has 1 aromatic carbocycles. The molecule has 1 N–H and O–H groups in total. The highest BCUT2D eigenvalue weighted by molar-refractivity contribution is 6.32. The molecule has 0 spiro atoms. The minimum absolute atomic E-state index is 0.0305. The quantitative estimate of drug-likeness (QED) is 0.534. The van der Waals surface area contributed by atoms with E-state index in [4.69, 9.17) is 26.3 Å². The molecule has 2 aromatic rings. The summed E-state index contributed by atoms with van der Waals surface area (Å²) in [4.78, 5) is 26.8. The molecule has 37 heavy (non-hydrogen) atoms. The van der Waals surface area contributed by atoms with Gasteiger partial charge in [-0.3, -0.25) is 9.59 Å². The number of ether oxygens (including phenoxy) is 2. The van der Waals surface area contributed by atoms with Gasteiger partial charge in [-0.25, -0.2) is 0 Å². The molecule has 9 nitrogen and oxygen atoms in total. The lowest BCUT2D eigenvalue weighted by molar-refractivity contribution is -0.148. The highest BCUT2D eigenvalue weighted by atomic mass is 35.5. The summed E-state index contributed by atoms with van der Waals surface area (Å²) in [6.45, 7) is 5.46. The molecule has 2 fully saturated rings. The van der Waals surface area contributed by atoms with Crippen LogP contribution < -0.4 is 15.0 Å². The van der Waals surface area contributed by atoms with E-state index in [1.165, 1.54) is 0 Å². The number of nitrogens with zero attached hydrogens (tertiary/aromatic N) is 4. The van der Waals surface area contributed by atoms with Crippen LogP contribution in [-0.2, 0) is 9.53 Å². The second-order valence-corrected chi connectivity index (χ2v) is 9.90. The molecule has 2 heterocycles. The van der Waals surface area contributed by atoms with Crippen LogP contribution in [0.3, 0.4) is 0 Å². The predicted octanol–water partition coefficient (Wildman–Crippen LogP) is 4.21. The van der Waals surface area contributed by atoms with Crippen LogP contribution in [0.1, 0.15) is 67.1 Å². The van der Waals surface area contributed by atoms with Gasteiger partial charge in [0.05, 0.1) is 29.2 Å². The summed E-state index contributed by atoms with van der Waals surface area (Å²) in [5.41, 5.74) is 1.49. The molecule has 196 valence electrons. The van der Waals surface area contributed by atoms with Gasteiger partial charge in [-0.05, 0) is 76.6 Å². The summed E-state index contributed by atoms with van der Waals surface area (Å²) in [5.74, 6) is 0.959. The van der Waals surface area contributed by atoms with Gasteiger partial charge in [-0.15, -0.1) is 10.2 Å². The number of aromatic nitrogens is 2. The molecule has 0 bridgehead atoms. The molecular weight excluding hydrogens is 494 g/mol. The van der Waals surface area contributed by atoms with E-state index in [0.717, 1.165) is 31.2 Å². The highest BCUT2D eigenvalue weighted by Gasteiger charge is 2.28. The molecule has 4 rings (SSSR count). The Hall–Kier alpha value is -3.38. The van der Waals surface area contributed by atoms with E-state index < -0.39 is 0 Å². The molecule has 1 aliphatic carbocycles. The van der Waals surface area contributed by atoms with Gasteiger partial charge in [0.15, 0.2) is 11.5 Å². The number of halogens is 1. The zero-order chi connectivity index (χ0) is 26.4. The predicted molar refractivity (Wildman–Crippen MR) is 139 cm³/mol. The number of nitriles is 1. The number of amides is 1. The van der Waals surface area contributed by atoms with Crippen LogP contribution in [0, 0.1) is 24.2 Å². The minimum atomic E-state index is -0.237. The number of rotatable bonds is 7. The van der Waals surface area contributed by atoms with Crippen LogP contribution >= 0.6 is 11.6 Å². The van der Waals surface area contributed by atoms with Gasteiger partial charge in [-0.1, -0.05) is 11.6 Å². The first-order valence-corrected chi connectivity index (χ1v) is 13.2. The second kappa shape index (κ2) is 12.2. The van der Waals surface area contributed by atoms with Crippen molar-refractivity contribution in [2.24, 2.45) is 5.92 Å². The first kappa shape index (κ1) is 26.7. The van der Waals surface area contributed by atoms with Gasteiger partial charge in [0.25, 0.3) is 5.91 Å². The van der Waals surface area contributed by atoms with Gasteiger partial charge in [-0.2, -0.15) is 5.26 Å². The van der Waals surface area contributed by atoms with Crippen molar-refractivity contribution in [3.63, 3.8) is 0 Å². The molecule has 1 saturated heterocycles. The Balaban J connectivity index is 1.23. The minimum Gasteiger partial charge on any atom is -0.490 e. The summed E-state index contributed by atoms with van der Waals surface area (Å²) >= 11 is 6.26. The van der Waals surface area contributed by atoms with Gasteiger partial charge < -0.3 is 19.7 Å². The Morgan fingerprint density at radius 3 is 2.46 bits per heavy atom. The maximum atomic E-state index is 12.7. The third-order valence-corrected chi connectivity index (χ3v) is 7.57. The number of carbonyl (C=O) groups excluding carboxylic acids is 2. The van der Waals surface area contributed by atoms with Crippen molar-refractivity contribution in [1.82, 2.24) is 15.5 Å². The number of hydrogen-bond acceptors (Lipinski definition) is 8. The lowest BCUT2D eigenvalue weighted by Gasteiger charge is -2.31. The van der Waals surface area contributed by atoms with E-state index in [1.54, 1.807) is 18.2 Å². The molecule has 1 aromatic heterocycles. The number of esters is 1. The number of piperidine rings is 1. The molecular formula is C27H32ClN5O4. The first-order valence-electron chi connectivity index (χ1n) is 12.8. The Bertz CT molecular complexity index is 1150. The Labute approximate surface area is 222 Å². The fourth-order valence-corrected chi connectivity index (χ4v) is 5.06. The van der Waals surface area contributed by atoms with E-state index in [0.29, 0.717) is 54.7 Å². The number of carbonyl (C=O) groups is 2. The normalized spacial score (nSPS) is 20.1. The fourth-order valence-electron chi connectivity index (χ4n) is 4.86. The molecule has 0 radical (unpaired) electrons. The second-order valence-electron chi connectivity index (χ2n) is 9.52. The summed E-state index contributed by atoms with van der Waals surface area (Å²) < 4.78 is 11.3. The first-order chi connectivity index (χ1) is 17.9. The van der Waals surface area contributed by atoms with Crippen LogP contribution in [0.2, 0.25) is 5.02 Å². The third kappa shape index (κ3) is 6.50. The Morgan fingerprint density at radius 2 is 1.84 bits per heavy atom. The molecule has 1 aliphatic heterocycles. The van der Waals surface area contributed by atoms with E-state index >= 15 is 0 Å². The largest absolute Gasteiger partial charge is 0.490 e. The number of nitrogens with one attached hydrogen (secondary N) is 1. The van der Waals surface area contributed by atoms with Crippen molar-refractivity contribution in [3.8, 4) is 11.8 Å². The van der Waals surface area contributed by atoms with Crippen molar-refractivity contribution >= 4 is 29.3 Å². The van der Waals surface area contributed by atoms with Gasteiger partial charge in [0.2, 0.25) is 0 Å². The van der Waals surface area contributed by atoms with Gasteiger partial charge in [0, 0.05) is 24.7 Å². The lowest BCUT2D eigenvalue weighted by Crippen LogP contribution is -2.40. The van der Waals surface area contributed by atoms with Crippen LogP contribution in [-0.4, -0.2) is 53.9 Å². The molecule has 1 saturated carbocycles. The lowest BCUT2D eigenvalue weighted by atomic mass is 9.92. The van der Waals surface area contributed by atoms with Crippen LogP contribution in [0.5, 0.6) is 5.75 Å². The molecule has 2 aliphatic rings. The van der Waals surface area contributed by atoms with Crippen LogP contribution in [0.15, 0.2) is 24.3 Å². The summed E-state index contributed by atoms with van der Waals surface area (Å²) in [6.07, 6.45) is 4.64. The van der Waals surface area contributed by atoms with Crippen LogP contribution in [0.4, 0.5) is 5.82 Å². The van der Waals surface area contributed by atoms with E-state index in [2.05, 4.69) is 26.5 Å². The fraction of sp³-hybridized carbons (Fsp3) is 0.519. The van der Waals surface area contributed by atoms with Crippen LogP contribution in [0.25, 0.3) is 0 Å². The molecule has 1 amide bonds. The highest BCUT2D eigenvalue weighted by Crippen LogP contribution is 2.32. The van der Waals surface area contributed by atoms with Crippen molar-refractivity contribution < 1.29 is 19.1 Å². The van der Waals surface area contributed by atoms with E-state index in [9.17, 15) is 9.59 Å². The molecule has 0 atom stereocenters. The zero-order valence-electron chi connectivity index (χ0n) is 21.2. The number of benzene rings is 1. The number of hydrogen-bond donors (Lipinski definition) is 1. The standard InChI is InChI=1S/C27H32ClN5O4/c1-3-36-27(35)18-12-14-33(15-13-18)24-11-9-22(31-32-24)26(34)30-20-5-7-21(8-6-20)37-23-10-4-19(16-29)25(28)17(23)2/h4,9-11,18,20-21H,3,5-8,12-15H2,1-2H3,(H,30,34). The zero-order valence-corrected chi connectivity index (χ0v) is 22.0. The molecule has 0 unspecified atom stereocenters. The average Bonchev–Trinajstić information content (AvgIpc) is 2.93. The Morgan fingerprint density at radius 1 is 1.11 bits per heavy atom. The van der Waals surface area contributed by atoms with Gasteiger partial charge in [0.1, 0.15) is 11.8 Å². The van der Waals surface area contributed by atoms with Crippen molar-refractivity contribution in [1.29, 1.82) is 5.26 Å². The third-order valence-electron chi connectivity index (χ3n) is 7.08. The Kier molecular flexibility index (Phi) is 8.82. The SMILES string of the molecule is CCOC(=O)C1CCN(c2ccc(C(=O)NC3CCC(Oc4ccc(C#N)c(Cl)c4C)CC3)nn2)CC1. The van der Waals surface area contributed by atoms with Crippen molar-refractivity contribution in [2.75, 3.05) is 24.6 Å². The molecule has 10 heteroatoms. The van der Waals surface area contributed by atoms with E-state index in [-0.39, 0.29) is 35.6 Å². The number of anilines is 1. The topological polar surface area (TPSA) is 117 Å². The maximum absolute atomic E-state index is 12.7. The van der Waals surface area contributed by atoms with Gasteiger partial charge >= 0.3 is 5.97 Å².